The van der Waals surface area contributed by atoms with E-state index in [4.69, 9.17) is 0 Å². The van der Waals surface area contributed by atoms with Crippen LogP contribution in [0.2, 0.25) is 0 Å². The van der Waals surface area contributed by atoms with E-state index in [9.17, 15) is 0 Å². The SMILES string of the molecule is Brc1cc2ccc3ccccc3c2c2c1ccc1ccccc12. The predicted octanol–water partition coefficient (Wildman–Crippen LogP) is 7.06. The summed E-state index contributed by atoms with van der Waals surface area (Å²) in [5.74, 6) is 0. The van der Waals surface area contributed by atoms with Crippen molar-refractivity contribution >= 4 is 59.0 Å². The standard InChI is InChI=1S/C22H13Br/c23-20-13-16-10-9-14-5-1-3-7-17(14)21(16)22-18-8-4-2-6-15(18)11-12-19(20)22/h1-13H. The molecule has 0 aliphatic heterocycles. The van der Waals surface area contributed by atoms with Crippen LogP contribution in [-0.2, 0) is 0 Å². The van der Waals surface area contributed by atoms with Gasteiger partial charge in [0.05, 0.1) is 0 Å². The smallest absolute Gasteiger partial charge is 0.0260 e. The largest absolute Gasteiger partial charge is 0.0616 e. The fraction of sp³-hybridized carbons (Fsp3) is 0. The molecule has 0 aliphatic rings. The molecular formula is C22H13Br. The highest BCUT2D eigenvalue weighted by Gasteiger charge is 2.11. The van der Waals surface area contributed by atoms with Crippen LogP contribution in [0.15, 0.2) is 83.3 Å². The molecule has 0 spiro atoms. The zero-order valence-corrected chi connectivity index (χ0v) is 14.0. The molecule has 0 unspecified atom stereocenters. The van der Waals surface area contributed by atoms with Gasteiger partial charge in [0.15, 0.2) is 0 Å². The van der Waals surface area contributed by atoms with Crippen molar-refractivity contribution in [2.75, 3.05) is 0 Å². The second-order valence-corrected chi connectivity index (χ2v) is 6.81. The third-order valence-corrected chi connectivity index (χ3v) is 5.34. The fourth-order valence-corrected chi connectivity index (χ4v) is 4.22. The van der Waals surface area contributed by atoms with Gasteiger partial charge in [-0.1, -0.05) is 88.7 Å². The van der Waals surface area contributed by atoms with Crippen molar-refractivity contribution < 1.29 is 0 Å². The number of benzene rings is 5. The van der Waals surface area contributed by atoms with E-state index in [0.717, 1.165) is 4.47 Å². The van der Waals surface area contributed by atoms with Crippen LogP contribution in [0.4, 0.5) is 0 Å². The van der Waals surface area contributed by atoms with Crippen LogP contribution in [0.25, 0.3) is 43.1 Å². The van der Waals surface area contributed by atoms with Gasteiger partial charge >= 0.3 is 0 Å². The van der Waals surface area contributed by atoms with E-state index in [2.05, 4.69) is 94.8 Å². The Morgan fingerprint density at radius 3 is 1.78 bits per heavy atom. The molecule has 0 saturated carbocycles. The highest BCUT2D eigenvalue weighted by atomic mass is 79.9. The highest BCUT2D eigenvalue weighted by molar-refractivity contribution is 9.10. The Balaban J connectivity index is 2.21. The molecule has 0 fully saturated rings. The molecule has 1 heteroatoms. The van der Waals surface area contributed by atoms with Crippen molar-refractivity contribution in [2.24, 2.45) is 0 Å². The summed E-state index contributed by atoms with van der Waals surface area (Å²) in [5.41, 5.74) is 0. The monoisotopic (exact) mass is 356 g/mol. The molecule has 0 N–H and O–H groups in total. The molecule has 5 aromatic carbocycles. The molecule has 0 bridgehead atoms. The van der Waals surface area contributed by atoms with E-state index in [-0.39, 0.29) is 0 Å². The highest BCUT2D eigenvalue weighted by Crippen LogP contribution is 2.39. The van der Waals surface area contributed by atoms with Gasteiger partial charge in [-0.15, -0.1) is 0 Å². The van der Waals surface area contributed by atoms with Crippen LogP contribution in [0, 0.1) is 0 Å². The number of hydrogen-bond acceptors (Lipinski definition) is 0. The van der Waals surface area contributed by atoms with E-state index in [1.807, 2.05) is 0 Å². The maximum atomic E-state index is 3.77. The number of rotatable bonds is 0. The van der Waals surface area contributed by atoms with Crippen LogP contribution in [0.1, 0.15) is 0 Å². The molecule has 108 valence electrons. The minimum atomic E-state index is 1.15. The average Bonchev–Trinajstić information content (AvgIpc) is 2.61. The van der Waals surface area contributed by atoms with Crippen LogP contribution in [0.3, 0.4) is 0 Å². The molecule has 0 aromatic heterocycles. The first-order valence-electron chi connectivity index (χ1n) is 7.74. The summed E-state index contributed by atoms with van der Waals surface area (Å²) in [6, 6.07) is 28.4. The fourth-order valence-electron chi connectivity index (χ4n) is 3.64. The van der Waals surface area contributed by atoms with Crippen molar-refractivity contribution in [3.8, 4) is 0 Å². The first kappa shape index (κ1) is 13.1. The lowest BCUT2D eigenvalue weighted by molar-refractivity contribution is 1.76. The maximum Gasteiger partial charge on any atom is 0.0260 e. The van der Waals surface area contributed by atoms with Crippen LogP contribution in [-0.4, -0.2) is 0 Å². The molecule has 5 aromatic rings. The van der Waals surface area contributed by atoms with Gasteiger partial charge in [0.25, 0.3) is 0 Å². The van der Waals surface area contributed by atoms with Gasteiger partial charge in [-0.25, -0.2) is 0 Å². The molecule has 5 rings (SSSR count). The zero-order valence-electron chi connectivity index (χ0n) is 12.4. The van der Waals surface area contributed by atoms with Crippen LogP contribution in [0.5, 0.6) is 0 Å². The van der Waals surface area contributed by atoms with Crippen molar-refractivity contribution in [2.45, 2.75) is 0 Å². The minimum absolute atomic E-state index is 1.15. The second kappa shape index (κ2) is 4.81. The summed E-state index contributed by atoms with van der Waals surface area (Å²) >= 11 is 3.77. The Labute approximate surface area is 142 Å². The van der Waals surface area contributed by atoms with E-state index >= 15 is 0 Å². The van der Waals surface area contributed by atoms with Crippen LogP contribution < -0.4 is 0 Å². The van der Waals surface area contributed by atoms with Gasteiger partial charge in [0.1, 0.15) is 0 Å². The maximum absolute atomic E-state index is 3.77. The molecule has 0 aliphatic carbocycles. The Morgan fingerprint density at radius 1 is 0.478 bits per heavy atom. The van der Waals surface area contributed by atoms with Gasteiger partial charge < -0.3 is 0 Å². The quantitative estimate of drug-likeness (QED) is 0.260. The predicted molar refractivity (Wildman–Crippen MR) is 104 cm³/mol. The first-order chi connectivity index (χ1) is 11.3. The lowest BCUT2D eigenvalue weighted by Crippen LogP contribution is -1.84. The first-order valence-corrected chi connectivity index (χ1v) is 8.54. The van der Waals surface area contributed by atoms with E-state index in [1.54, 1.807) is 0 Å². The number of halogens is 1. The van der Waals surface area contributed by atoms with E-state index in [0.29, 0.717) is 0 Å². The molecule has 0 amide bonds. The van der Waals surface area contributed by atoms with Gasteiger partial charge in [0.2, 0.25) is 0 Å². The second-order valence-electron chi connectivity index (χ2n) is 5.95. The Hall–Kier alpha value is -2.38. The number of fused-ring (bicyclic) bond motifs is 7. The Kier molecular flexibility index (Phi) is 2.74. The molecule has 0 radical (unpaired) electrons. The third kappa shape index (κ3) is 1.83. The van der Waals surface area contributed by atoms with Crippen molar-refractivity contribution in [1.82, 2.24) is 0 Å². The third-order valence-electron chi connectivity index (χ3n) is 4.68. The minimum Gasteiger partial charge on any atom is -0.0616 e. The van der Waals surface area contributed by atoms with E-state index < -0.39 is 0 Å². The Bertz CT molecular complexity index is 1220. The summed E-state index contributed by atoms with van der Waals surface area (Å²) in [6.07, 6.45) is 0. The lowest BCUT2D eigenvalue weighted by Gasteiger charge is -2.12. The molecule has 0 atom stereocenters. The Morgan fingerprint density at radius 2 is 1.04 bits per heavy atom. The summed E-state index contributed by atoms with van der Waals surface area (Å²) in [4.78, 5) is 0. The molecule has 0 nitrogen and oxygen atoms in total. The van der Waals surface area contributed by atoms with Gasteiger partial charge in [-0.3, -0.25) is 0 Å². The zero-order chi connectivity index (χ0) is 15.4. The van der Waals surface area contributed by atoms with Gasteiger partial charge in [-0.05, 0) is 49.2 Å². The molecule has 23 heavy (non-hydrogen) atoms. The molecule has 0 saturated heterocycles. The summed E-state index contributed by atoms with van der Waals surface area (Å²) in [7, 11) is 0. The number of hydrogen-bond donors (Lipinski definition) is 0. The normalized spacial score (nSPS) is 11.7. The lowest BCUT2D eigenvalue weighted by atomic mass is 9.93. The van der Waals surface area contributed by atoms with Gasteiger partial charge in [0, 0.05) is 4.47 Å². The summed E-state index contributed by atoms with van der Waals surface area (Å²) in [6.45, 7) is 0. The van der Waals surface area contributed by atoms with Gasteiger partial charge in [-0.2, -0.15) is 0 Å². The van der Waals surface area contributed by atoms with E-state index in [1.165, 1.54) is 43.1 Å². The summed E-state index contributed by atoms with van der Waals surface area (Å²) in [5, 5.41) is 10.4. The molecule has 0 heterocycles. The van der Waals surface area contributed by atoms with Crippen LogP contribution >= 0.6 is 15.9 Å². The summed E-state index contributed by atoms with van der Waals surface area (Å²) < 4.78 is 1.15. The molecular weight excluding hydrogens is 344 g/mol. The average molecular weight is 357 g/mol. The van der Waals surface area contributed by atoms with Crippen molar-refractivity contribution in [3.63, 3.8) is 0 Å². The topological polar surface area (TPSA) is 0 Å². The van der Waals surface area contributed by atoms with Crippen molar-refractivity contribution in [1.29, 1.82) is 0 Å². The van der Waals surface area contributed by atoms with Crippen molar-refractivity contribution in [3.05, 3.63) is 83.3 Å².